The van der Waals surface area contributed by atoms with E-state index in [0.717, 1.165) is 23.2 Å². The lowest BCUT2D eigenvalue weighted by molar-refractivity contribution is -0.123. The number of thioether (sulfide) groups is 1. The van der Waals surface area contributed by atoms with Crippen LogP contribution in [0.1, 0.15) is 16.8 Å². The first-order valence-corrected chi connectivity index (χ1v) is 7.82. The molecule has 0 spiro atoms. The van der Waals surface area contributed by atoms with Gasteiger partial charge in [0.25, 0.3) is 11.8 Å². The van der Waals surface area contributed by atoms with Gasteiger partial charge in [0.05, 0.1) is 11.2 Å². The van der Waals surface area contributed by atoms with E-state index in [0.29, 0.717) is 14.8 Å². The second-order valence-corrected chi connectivity index (χ2v) is 6.30. The molecule has 0 saturated carbocycles. The molecule has 1 saturated heterocycles. The molecule has 1 atom stereocenters. The van der Waals surface area contributed by atoms with Crippen molar-refractivity contribution in [3.63, 3.8) is 0 Å². The Kier molecular flexibility index (Phi) is 4.26. The molecule has 7 heteroatoms. The highest BCUT2D eigenvalue weighted by molar-refractivity contribution is 8.26. The van der Waals surface area contributed by atoms with Crippen LogP contribution in [0.2, 0.25) is 0 Å². The Morgan fingerprint density at radius 3 is 2.86 bits per heavy atom. The molecular formula is C15H12N2O3S2. The first-order chi connectivity index (χ1) is 10.6. The molecule has 5 nitrogen and oxygen atoms in total. The number of hydrogen-bond acceptors (Lipinski definition) is 5. The quantitative estimate of drug-likeness (QED) is 0.680. The first-order valence-electron chi connectivity index (χ1n) is 6.60. The highest BCUT2D eigenvalue weighted by atomic mass is 32.2. The largest absolute Gasteiger partial charge is 0.494 e. The Labute approximate surface area is 137 Å². The molecule has 112 valence electrons. The van der Waals surface area contributed by atoms with Gasteiger partial charge in [-0.05, 0) is 36.5 Å². The number of thiocarbonyl (C=S) groups is 1. The lowest BCUT2D eigenvalue weighted by Gasteiger charge is -2.15. The zero-order valence-electron chi connectivity index (χ0n) is 11.4. The van der Waals surface area contributed by atoms with Crippen LogP contribution in [0.15, 0.2) is 53.7 Å². The predicted molar refractivity (Wildman–Crippen MR) is 87.7 cm³/mol. The van der Waals surface area contributed by atoms with Gasteiger partial charge >= 0.3 is 0 Å². The van der Waals surface area contributed by atoms with Gasteiger partial charge in [0.2, 0.25) is 0 Å². The number of hydrazine groups is 1. The highest BCUT2D eigenvalue weighted by Gasteiger charge is 2.34. The monoisotopic (exact) mass is 332 g/mol. The third-order valence-corrected chi connectivity index (χ3v) is 4.42. The number of carbonyl (C=O) groups is 2. The molecule has 3 rings (SSSR count). The molecule has 1 N–H and O–H groups in total. The summed E-state index contributed by atoms with van der Waals surface area (Å²) in [5.74, 6) is -0.716. The maximum Gasteiger partial charge on any atom is 0.284 e. The van der Waals surface area contributed by atoms with Crippen LogP contribution in [0.4, 0.5) is 0 Å². The van der Waals surface area contributed by atoms with E-state index in [9.17, 15) is 9.59 Å². The lowest BCUT2D eigenvalue weighted by atomic mass is 10.2. The SMILES string of the molecule is O=C(NN1C(=O)/C(=C/C2CC=CO2)SC1=S)c1ccccc1. The highest BCUT2D eigenvalue weighted by Crippen LogP contribution is 2.31. The van der Waals surface area contributed by atoms with Crippen molar-refractivity contribution in [2.24, 2.45) is 0 Å². The summed E-state index contributed by atoms with van der Waals surface area (Å²) in [7, 11) is 0. The van der Waals surface area contributed by atoms with Crippen molar-refractivity contribution in [2.45, 2.75) is 12.5 Å². The Hall–Kier alpha value is -2.12. The van der Waals surface area contributed by atoms with Crippen LogP contribution in [0, 0.1) is 0 Å². The summed E-state index contributed by atoms with van der Waals surface area (Å²) >= 11 is 6.31. The van der Waals surface area contributed by atoms with Crippen LogP contribution in [0.5, 0.6) is 0 Å². The minimum Gasteiger partial charge on any atom is -0.494 e. The first kappa shape index (κ1) is 14.8. The molecule has 0 aliphatic carbocycles. The molecule has 2 amide bonds. The summed E-state index contributed by atoms with van der Waals surface area (Å²) in [4.78, 5) is 24.9. The zero-order valence-corrected chi connectivity index (χ0v) is 13.0. The van der Waals surface area contributed by atoms with Gasteiger partial charge in [0.15, 0.2) is 4.32 Å². The molecule has 1 aromatic rings. The molecule has 2 aliphatic heterocycles. The summed E-state index contributed by atoms with van der Waals surface area (Å²) in [5.41, 5.74) is 3.00. The molecule has 1 fully saturated rings. The Bertz CT molecular complexity index is 677. The number of carbonyl (C=O) groups excluding carboxylic acids is 2. The summed E-state index contributed by atoms with van der Waals surface area (Å²) in [6.07, 6.45) is 5.80. The van der Waals surface area contributed by atoms with Gasteiger partial charge in [-0.2, -0.15) is 5.01 Å². The van der Waals surface area contributed by atoms with Crippen molar-refractivity contribution in [1.82, 2.24) is 10.4 Å². The van der Waals surface area contributed by atoms with Crippen molar-refractivity contribution in [3.8, 4) is 0 Å². The smallest absolute Gasteiger partial charge is 0.284 e. The molecule has 0 bridgehead atoms. The van der Waals surface area contributed by atoms with Gasteiger partial charge in [-0.25, -0.2) is 0 Å². The minimum absolute atomic E-state index is 0.154. The van der Waals surface area contributed by atoms with E-state index < -0.39 is 0 Å². The van der Waals surface area contributed by atoms with E-state index in [1.54, 1.807) is 36.6 Å². The van der Waals surface area contributed by atoms with Crippen LogP contribution < -0.4 is 5.43 Å². The number of ether oxygens (including phenoxy) is 1. The van der Waals surface area contributed by atoms with Crippen LogP contribution in [-0.2, 0) is 9.53 Å². The molecule has 22 heavy (non-hydrogen) atoms. The zero-order chi connectivity index (χ0) is 15.5. The minimum atomic E-state index is -0.378. The Morgan fingerprint density at radius 1 is 1.41 bits per heavy atom. The van der Waals surface area contributed by atoms with E-state index in [4.69, 9.17) is 17.0 Å². The average molecular weight is 332 g/mol. The Balaban J connectivity index is 1.71. The third kappa shape index (κ3) is 3.05. The van der Waals surface area contributed by atoms with Gasteiger partial charge in [-0.15, -0.1) is 0 Å². The van der Waals surface area contributed by atoms with E-state index >= 15 is 0 Å². The number of nitrogens with zero attached hydrogens (tertiary/aromatic N) is 1. The Morgan fingerprint density at radius 2 is 2.18 bits per heavy atom. The van der Waals surface area contributed by atoms with Gasteiger partial charge < -0.3 is 4.74 Å². The lowest BCUT2D eigenvalue weighted by Crippen LogP contribution is -2.44. The number of hydrogen-bond donors (Lipinski definition) is 1. The van der Waals surface area contributed by atoms with E-state index in [-0.39, 0.29) is 17.9 Å². The normalized spacial score (nSPS) is 22.3. The number of benzene rings is 1. The van der Waals surface area contributed by atoms with Crippen LogP contribution >= 0.6 is 24.0 Å². The van der Waals surface area contributed by atoms with Crippen LogP contribution in [-0.4, -0.2) is 27.2 Å². The fraction of sp³-hybridized carbons (Fsp3) is 0.133. The van der Waals surface area contributed by atoms with E-state index in [1.165, 1.54) is 0 Å². The van der Waals surface area contributed by atoms with Crippen molar-refractivity contribution >= 4 is 40.1 Å². The molecule has 1 aromatic carbocycles. The molecular weight excluding hydrogens is 320 g/mol. The van der Waals surface area contributed by atoms with E-state index in [1.807, 2.05) is 12.1 Å². The number of nitrogens with one attached hydrogen (secondary N) is 1. The predicted octanol–water partition coefficient (Wildman–Crippen LogP) is 2.38. The second-order valence-electron chi connectivity index (χ2n) is 4.63. The van der Waals surface area contributed by atoms with Crippen molar-refractivity contribution in [1.29, 1.82) is 0 Å². The molecule has 0 radical (unpaired) electrons. The average Bonchev–Trinajstić information content (AvgIpc) is 3.12. The van der Waals surface area contributed by atoms with E-state index in [2.05, 4.69) is 5.43 Å². The third-order valence-electron chi connectivity index (χ3n) is 3.10. The topological polar surface area (TPSA) is 58.6 Å². The summed E-state index contributed by atoms with van der Waals surface area (Å²) in [6, 6.07) is 8.66. The standard InChI is InChI=1S/C15H12N2O3S2/c18-13(10-5-2-1-3-6-10)16-17-14(19)12(22-15(17)21)9-11-7-4-8-20-11/h1-6,8-9,11H,7H2,(H,16,18)/b12-9-. The molecule has 1 unspecified atom stereocenters. The van der Waals surface area contributed by atoms with Gasteiger partial charge in [0.1, 0.15) is 6.10 Å². The number of rotatable bonds is 3. The van der Waals surface area contributed by atoms with Gasteiger partial charge in [-0.1, -0.05) is 30.0 Å². The van der Waals surface area contributed by atoms with Crippen LogP contribution in [0.3, 0.4) is 0 Å². The molecule has 2 aliphatic rings. The summed E-state index contributed by atoms with van der Waals surface area (Å²) in [6.45, 7) is 0. The second kappa shape index (κ2) is 6.33. The van der Waals surface area contributed by atoms with Crippen molar-refractivity contribution < 1.29 is 14.3 Å². The number of amides is 2. The maximum absolute atomic E-state index is 12.3. The van der Waals surface area contributed by atoms with Gasteiger partial charge in [0, 0.05) is 12.0 Å². The van der Waals surface area contributed by atoms with Crippen molar-refractivity contribution in [3.05, 3.63) is 59.2 Å². The maximum atomic E-state index is 12.3. The fourth-order valence-corrected chi connectivity index (χ4v) is 3.22. The van der Waals surface area contributed by atoms with Gasteiger partial charge in [-0.3, -0.25) is 15.0 Å². The summed E-state index contributed by atoms with van der Waals surface area (Å²) in [5, 5.41) is 1.10. The van der Waals surface area contributed by atoms with Crippen molar-refractivity contribution in [2.75, 3.05) is 0 Å². The van der Waals surface area contributed by atoms with Crippen LogP contribution in [0.25, 0.3) is 0 Å². The molecule has 0 aromatic heterocycles. The summed E-state index contributed by atoms with van der Waals surface area (Å²) < 4.78 is 5.61. The fourth-order valence-electron chi connectivity index (χ4n) is 2.01. The molecule has 2 heterocycles.